The highest BCUT2D eigenvalue weighted by molar-refractivity contribution is 5.75. The van der Waals surface area contributed by atoms with E-state index in [1.807, 2.05) is 31.4 Å². The molecule has 0 aliphatic rings. The second-order valence-corrected chi connectivity index (χ2v) is 9.33. The summed E-state index contributed by atoms with van der Waals surface area (Å²) in [5.41, 5.74) is 2.47. The van der Waals surface area contributed by atoms with E-state index in [1.54, 1.807) is 6.20 Å². The van der Waals surface area contributed by atoms with Gasteiger partial charge >= 0.3 is 0 Å². The van der Waals surface area contributed by atoms with Crippen LogP contribution in [0.25, 0.3) is 11.0 Å². The smallest absolute Gasteiger partial charge is 0.273 e. The Balaban J connectivity index is 2.98. The van der Waals surface area contributed by atoms with Crippen molar-refractivity contribution < 1.29 is 0 Å². The molecule has 2 heterocycles. The highest BCUT2D eigenvalue weighted by atomic mass is 16.1. The maximum absolute atomic E-state index is 13.1. The average Bonchev–Trinajstić information content (AvgIpc) is 2.33. The standard InChI is InChI=1S/C19H29N3O/c1-17(2,3)14-10-13-12(11-20-14)21-15(18(4,5)6)16(23)22(13)19(7,8)9/h10-11H,1-9H3. The first kappa shape index (κ1) is 17.6. The lowest BCUT2D eigenvalue weighted by Crippen LogP contribution is -2.40. The first-order valence-electron chi connectivity index (χ1n) is 8.17. The van der Waals surface area contributed by atoms with Crippen molar-refractivity contribution in [2.45, 2.75) is 78.7 Å². The van der Waals surface area contributed by atoms with Gasteiger partial charge in [0.05, 0.1) is 11.7 Å². The van der Waals surface area contributed by atoms with Crippen molar-refractivity contribution in [3.05, 3.63) is 34.0 Å². The van der Waals surface area contributed by atoms with Crippen molar-refractivity contribution in [3.63, 3.8) is 0 Å². The Bertz CT molecular complexity index is 797. The van der Waals surface area contributed by atoms with Gasteiger partial charge in [-0.15, -0.1) is 0 Å². The minimum atomic E-state index is -0.325. The maximum atomic E-state index is 13.1. The van der Waals surface area contributed by atoms with Crippen molar-refractivity contribution in [1.29, 1.82) is 0 Å². The van der Waals surface area contributed by atoms with Gasteiger partial charge in [-0.3, -0.25) is 14.3 Å². The van der Waals surface area contributed by atoms with Crippen molar-refractivity contribution in [1.82, 2.24) is 14.5 Å². The van der Waals surface area contributed by atoms with Crippen LogP contribution in [0.3, 0.4) is 0 Å². The zero-order chi connectivity index (χ0) is 17.8. The zero-order valence-corrected chi connectivity index (χ0v) is 15.9. The molecule has 0 saturated heterocycles. The molecular weight excluding hydrogens is 286 g/mol. The van der Waals surface area contributed by atoms with Gasteiger partial charge < -0.3 is 0 Å². The van der Waals surface area contributed by atoms with Crippen LogP contribution in [-0.2, 0) is 16.4 Å². The molecule has 4 nitrogen and oxygen atoms in total. The fourth-order valence-electron chi connectivity index (χ4n) is 2.65. The number of pyridine rings is 1. The second kappa shape index (κ2) is 5.15. The Morgan fingerprint density at radius 3 is 1.91 bits per heavy atom. The highest BCUT2D eigenvalue weighted by Crippen LogP contribution is 2.27. The molecule has 0 N–H and O–H groups in total. The van der Waals surface area contributed by atoms with Crippen LogP contribution in [0.5, 0.6) is 0 Å². The Hall–Kier alpha value is -1.71. The quantitative estimate of drug-likeness (QED) is 0.734. The van der Waals surface area contributed by atoms with E-state index < -0.39 is 0 Å². The van der Waals surface area contributed by atoms with E-state index in [9.17, 15) is 4.79 Å². The molecule has 2 rings (SSSR count). The van der Waals surface area contributed by atoms with Crippen molar-refractivity contribution in [2.24, 2.45) is 0 Å². The van der Waals surface area contributed by atoms with Crippen LogP contribution in [0.2, 0.25) is 0 Å². The number of fused-ring (bicyclic) bond motifs is 1. The molecule has 2 aromatic rings. The molecule has 2 aromatic heterocycles. The van der Waals surface area contributed by atoms with Gasteiger partial charge in [0, 0.05) is 22.1 Å². The molecule has 0 fully saturated rings. The topological polar surface area (TPSA) is 47.8 Å². The molecular formula is C19H29N3O. The lowest BCUT2D eigenvalue weighted by molar-refractivity contribution is 0.388. The minimum absolute atomic E-state index is 0.0106. The molecule has 0 radical (unpaired) electrons. The fourth-order valence-corrected chi connectivity index (χ4v) is 2.65. The maximum Gasteiger partial charge on any atom is 0.273 e. The van der Waals surface area contributed by atoms with Gasteiger partial charge in [-0.1, -0.05) is 41.5 Å². The van der Waals surface area contributed by atoms with Crippen LogP contribution in [0.1, 0.15) is 73.7 Å². The Labute approximate surface area is 139 Å². The molecule has 0 unspecified atom stereocenters. The van der Waals surface area contributed by atoms with E-state index in [1.165, 1.54) is 0 Å². The summed E-state index contributed by atoms with van der Waals surface area (Å²) in [5.74, 6) is 0. The fraction of sp³-hybridized carbons (Fsp3) is 0.632. The van der Waals surface area contributed by atoms with Crippen LogP contribution in [0.15, 0.2) is 17.1 Å². The SMILES string of the molecule is CC(C)(C)c1cc2c(cn1)nc(C(C)(C)C)c(=O)n2C(C)(C)C. The van der Waals surface area contributed by atoms with Crippen LogP contribution >= 0.6 is 0 Å². The molecule has 0 saturated carbocycles. The van der Waals surface area contributed by atoms with E-state index in [2.05, 4.69) is 51.5 Å². The van der Waals surface area contributed by atoms with Gasteiger partial charge in [-0.2, -0.15) is 0 Å². The average molecular weight is 315 g/mol. The predicted molar refractivity (Wildman–Crippen MR) is 96.2 cm³/mol. The van der Waals surface area contributed by atoms with E-state index in [0.717, 1.165) is 16.7 Å². The summed E-state index contributed by atoms with van der Waals surface area (Å²) in [6.07, 6.45) is 1.80. The molecule has 0 spiro atoms. The van der Waals surface area contributed by atoms with Gasteiger partial charge in [-0.05, 0) is 26.8 Å². The Kier molecular flexibility index (Phi) is 3.95. The first-order valence-corrected chi connectivity index (χ1v) is 8.17. The van der Waals surface area contributed by atoms with Gasteiger partial charge in [0.1, 0.15) is 11.2 Å². The normalized spacial score (nSPS) is 13.6. The lowest BCUT2D eigenvalue weighted by Gasteiger charge is -2.28. The highest BCUT2D eigenvalue weighted by Gasteiger charge is 2.28. The number of aromatic nitrogens is 3. The minimum Gasteiger partial charge on any atom is -0.300 e. The Morgan fingerprint density at radius 1 is 0.913 bits per heavy atom. The molecule has 4 heteroatoms. The zero-order valence-electron chi connectivity index (χ0n) is 15.9. The van der Waals surface area contributed by atoms with Gasteiger partial charge in [0.25, 0.3) is 5.56 Å². The molecule has 0 bridgehead atoms. The number of nitrogens with zero attached hydrogens (tertiary/aromatic N) is 3. The summed E-state index contributed by atoms with van der Waals surface area (Å²) in [7, 11) is 0. The van der Waals surface area contributed by atoms with Crippen molar-refractivity contribution in [3.8, 4) is 0 Å². The molecule has 126 valence electrons. The summed E-state index contributed by atoms with van der Waals surface area (Å²) >= 11 is 0. The van der Waals surface area contributed by atoms with Crippen LogP contribution in [0.4, 0.5) is 0 Å². The van der Waals surface area contributed by atoms with Crippen molar-refractivity contribution in [2.75, 3.05) is 0 Å². The molecule has 0 atom stereocenters. The van der Waals surface area contributed by atoms with Crippen molar-refractivity contribution >= 4 is 11.0 Å². The first-order chi connectivity index (χ1) is 10.2. The van der Waals surface area contributed by atoms with E-state index in [-0.39, 0.29) is 21.9 Å². The molecule has 0 aliphatic carbocycles. The number of hydrogen-bond acceptors (Lipinski definition) is 3. The Morgan fingerprint density at radius 2 is 1.48 bits per heavy atom. The molecule has 0 amide bonds. The lowest BCUT2D eigenvalue weighted by atomic mass is 9.90. The third kappa shape index (κ3) is 3.31. The van der Waals surface area contributed by atoms with E-state index in [4.69, 9.17) is 0 Å². The number of rotatable bonds is 0. The summed E-state index contributed by atoms with van der Waals surface area (Å²) in [4.78, 5) is 22.3. The third-order valence-electron chi connectivity index (χ3n) is 3.89. The monoisotopic (exact) mass is 315 g/mol. The summed E-state index contributed by atoms with van der Waals surface area (Å²) in [6, 6.07) is 2.02. The molecule has 0 aliphatic heterocycles. The van der Waals surface area contributed by atoms with Gasteiger partial charge in [-0.25, -0.2) is 4.98 Å². The second-order valence-electron chi connectivity index (χ2n) is 9.33. The van der Waals surface area contributed by atoms with E-state index in [0.29, 0.717) is 5.69 Å². The summed E-state index contributed by atoms with van der Waals surface area (Å²) in [6.45, 7) is 18.6. The van der Waals surface area contributed by atoms with Crippen LogP contribution < -0.4 is 5.56 Å². The molecule has 0 aromatic carbocycles. The predicted octanol–water partition coefficient (Wildman–Crippen LogP) is 4.14. The largest absolute Gasteiger partial charge is 0.300 e. The third-order valence-corrected chi connectivity index (χ3v) is 3.89. The molecule has 23 heavy (non-hydrogen) atoms. The van der Waals surface area contributed by atoms with Gasteiger partial charge in [0.15, 0.2) is 0 Å². The van der Waals surface area contributed by atoms with E-state index >= 15 is 0 Å². The number of hydrogen-bond donors (Lipinski definition) is 0. The summed E-state index contributed by atoms with van der Waals surface area (Å²) in [5, 5.41) is 0. The van der Waals surface area contributed by atoms with Crippen LogP contribution in [-0.4, -0.2) is 14.5 Å². The summed E-state index contributed by atoms with van der Waals surface area (Å²) < 4.78 is 1.87. The van der Waals surface area contributed by atoms with Crippen LogP contribution in [0, 0.1) is 0 Å². The van der Waals surface area contributed by atoms with Gasteiger partial charge in [0.2, 0.25) is 0 Å².